The van der Waals surface area contributed by atoms with Crippen molar-refractivity contribution in [1.29, 1.82) is 0 Å². The normalized spacial score (nSPS) is 11.4. The summed E-state index contributed by atoms with van der Waals surface area (Å²) in [5, 5.41) is 0. The highest BCUT2D eigenvalue weighted by Gasteiger charge is 2.21. The summed E-state index contributed by atoms with van der Waals surface area (Å²) in [6, 6.07) is 30.7. The molecule has 4 rings (SSSR count). The van der Waals surface area contributed by atoms with Gasteiger partial charge in [-0.25, -0.2) is 4.98 Å². The van der Waals surface area contributed by atoms with E-state index in [9.17, 15) is 0 Å². The maximum absolute atomic E-state index is 5.33. The highest BCUT2D eigenvalue weighted by atomic mass is 15.2. The van der Waals surface area contributed by atoms with Crippen LogP contribution in [0, 0.1) is 0 Å². The van der Waals surface area contributed by atoms with Crippen molar-refractivity contribution in [2.45, 2.75) is 78.9 Å². The van der Waals surface area contributed by atoms with Crippen LogP contribution in [0.3, 0.4) is 0 Å². The van der Waals surface area contributed by atoms with Crippen molar-refractivity contribution in [1.82, 2.24) is 14.5 Å². The number of benzene rings is 3. The Morgan fingerprint density at radius 2 is 1.27 bits per heavy atom. The smallest absolute Gasteiger partial charge is 0.140 e. The summed E-state index contributed by atoms with van der Waals surface area (Å²) in [5.41, 5.74) is 7.64. The van der Waals surface area contributed by atoms with Gasteiger partial charge >= 0.3 is 0 Å². The Kier molecular flexibility index (Phi) is 10.1. The van der Waals surface area contributed by atoms with Crippen molar-refractivity contribution in [2.75, 3.05) is 6.54 Å². The lowest BCUT2D eigenvalue weighted by Gasteiger charge is -2.24. The molecule has 0 spiro atoms. The van der Waals surface area contributed by atoms with Crippen LogP contribution in [0.25, 0.3) is 22.6 Å². The third kappa shape index (κ3) is 7.20. The average molecular weight is 494 g/mol. The van der Waals surface area contributed by atoms with E-state index in [2.05, 4.69) is 115 Å². The Bertz CT molecular complexity index is 1190. The standard InChI is InChI=1S/C34H43N3/c1-4-7-15-25-37-32(27-36(24-8-5-2)26-29-22-20-28(6-3)21-23-29)33(30-16-11-9-12-17-30)35-34(37)31-18-13-10-14-19-31/h9-14,16-23H,4-8,15,24-27H2,1-3H3. The lowest BCUT2D eigenvalue weighted by molar-refractivity contribution is 0.246. The Hall–Kier alpha value is -3.17. The van der Waals surface area contributed by atoms with Gasteiger partial charge in [0.25, 0.3) is 0 Å². The third-order valence-electron chi connectivity index (χ3n) is 7.18. The first-order valence-electron chi connectivity index (χ1n) is 14.2. The number of imidazole rings is 1. The first-order chi connectivity index (χ1) is 18.2. The molecule has 3 nitrogen and oxygen atoms in total. The second-order valence-electron chi connectivity index (χ2n) is 10.1. The molecule has 0 bridgehead atoms. The number of hydrogen-bond donors (Lipinski definition) is 0. The van der Waals surface area contributed by atoms with Crippen LogP contribution in [0.1, 0.15) is 69.7 Å². The molecule has 0 aliphatic rings. The van der Waals surface area contributed by atoms with Crippen LogP contribution in [-0.2, 0) is 26.1 Å². The molecule has 0 radical (unpaired) electrons. The Labute approximate surface area is 224 Å². The fourth-order valence-corrected chi connectivity index (χ4v) is 4.99. The van der Waals surface area contributed by atoms with Crippen molar-refractivity contribution in [2.24, 2.45) is 0 Å². The molecule has 1 aromatic heterocycles. The fourth-order valence-electron chi connectivity index (χ4n) is 4.99. The summed E-state index contributed by atoms with van der Waals surface area (Å²) in [6.45, 7) is 10.7. The van der Waals surface area contributed by atoms with Crippen molar-refractivity contribution in [3.63, 3.8) is 0 Å². The molecule has 194 valence electrons. The van der Waals surface area contributed by atoms with Gasteiger partial charge in [0.05, 0.1) is 11.4 Å². The first-order valence-corrected chi connectivity index (χ1v) is 14.2. The largest absolute Gasteiger partial charge is 0.326 e. The van der Waals surface area contributed by atoms with E-state index in [0.29, 0.717) is 0 Å². The van der Waals surface area contributed by atoms with Crippen LogP contribution < -0.4 is 0 Å². The van der Waals surface area contributed by atoms with Gasteiger partial charge in [0, 0.05) is 30.8 Å². The molecule has 1 heterocycles. The molecule has 0 amide bonds. The Morgan fingerprint density at radius 1 is 0.649 bits per heavy atom. The maximum Gasteiger partial charge on any atom is 0.140 e. The second-order valence-corrected chi connectivity index (χ2v) is 10.1. The molecular weight excluding hydrogens is 450 g/mol. The molecule has 0 saturated heterocycles. The number of aryl methyl sites for hydroxylation is 1. The minimum Gasteiger partial charge on any atom is -0.326 e. The van der Waals surface area contributed by atoms with Gasteiger partial charge in [-0.2, -0.15) is 0 Å². The van der Waals surface area contributed by atoms with E-state index in [-0.39, 0.29) is 0 Å². The number of unbranched alkanes of at least 4 members (excludes halogenated alkanes) is 3. The summed E-state index contributed by atoms with van der Waals surface area (Å²) < 4.78 is 2.52. The molecule has 0 saturated carbocycles. The first kappa shape index (κ1) is 26.9. The SMILES string of the molecule is CCCCCn1c(-c2ccccc2)nc(-c2ccccc2)c1CN(CCCC)Cc1ccc(CC)cc1. The van der Waals surface area contributed by atoms with Gasteiger partial charge in [-0.15, -0.1) is 0 Å². The monoisotopic (exact) mass is 493 g/mol. The summed E-state index contributed by atoms with van der Waals surface area (Å²) >= 11 is 0. The zero-order chi connectivity index (χ0) is 25.9. The molecule has 3 aromatic carbocycles. The van der Waals surface area contributed by atoms with E-state index < -0.39 is 0 Å². The second kappa shape index (κ2) is 13.9. The third-order valence-corrected chi connectivity index (χ3v) is 7.18. The van der Waals surface area contributed by atoms with Gasteiger partial charge in [-0.05, 0) is 36.9 Å². The predicted octanol–water partition coefficient (Wildman–Crippen LogP) is 8.77. The molecule has 3 heteroatoms. The molecule has 0 unspecified atom stereocenters. The quantitative estimate of drug-likeness (QED) is 0.164. The van der Waals surface area contributed by atoms with Crippen LogP contribution in [-0.4, -0.2) is 21.0 Å². The van der Waals surface area contributed by atoms with Crippen LogP contribution in [0.4, 0.5) is 0 Å². The molecule has 0 fully saturated rings. The van der Waals surface area contributed by atoms with E-state index in [1.807, 2.05) is 0 Å². The van der Waals surface area contributed by atoms with Crippen molar-refractivity contribution >= 4 is 0 Å². The number of rotatable bonds is 14. The van der Waals surface area contributed by atoms with E-state index in [1.54, 1.807) is 0 Å². The van der Waals surface area contributed by atoms with Crippen LogP contribution in [0.5, 0.6) is 0 Å². The van der Waals surface area contributed by atoms with Crippen LogP contribution in [0.2, 0.25) is 0 Å². The molecule has 0 aliphatic carbocycles. The predicted molar refractivity (Wildman–Crippen MR) is 157 cm³/mol. The van der Waals surface area contributed by atoms with Crippen molar-refractivity contribution in [3.05, 3.63) is 102 Å². The molecule has 0 atom stereocenters. The van der Waals surface area contributed by atoms with Gasteiger partial charge in [-0.1, -0.05) is 125 Å². The van der Waals surface area contributed by atoms with E-state index in [1.165, 1.54) is 60.1 Å². The Balaban J connectivity index is 1.76. The van der Waals surface area contributed by atoms with E-state index >= 15 is 0 Å². The van der Waals surface area contributed by atoms with Crippen LogP contribution in [0.15, 0.2) is 84.9 Å². The maximum atomic E-state index is 5.33. The van der Waals surface area contributed by atoms with E-state index in [4.69, 9.17) is 4.98 Å². The lowest BCUT2D eigenvalue weighted by Crippen LogP contribution is -2.26. The van der Waals surface area contributed by atoms with Crippen molar-refractivity contribution < 1.29 is 0 Å². The molecular formula is C34H43N3. The molecule has 0 N–H and O–H groups in total. The number of nitrogens with zero attached hydrogens (tertiary/aromatic N) is 3. The van der Waals surface area contributed by atoms with Gasteiger partial charge < -0.3 is 4.57 Å². The molecule has 37 heavy (non-hydrogen) atoms. The van der Waals surface area contributed by atoms with Gasteiger partial charge in [-0.3, -0.25) is 4.90 Å². The van der Waals surface area contributed by atoms with E-state index in [0.717, 1.165) is 44.1 Å². The molecule has 4 aromatic rings. The number of aromatic nitrogens is 2. The van der Waals surface area contributed by atoms with Crippen molar-refractivity contribution in [3.8, 4) is 22.6 Å². The highest BCUT2D eigenvalue weighted by Crippen LogP contribution is 2.31. The van der Waals surface area contributed by atoms with Gasteiger partial charge in [0.2, 0.25) is 0 Å². The highest BCUT2D eigenvalue weighted by molar-refractivity contribution is 5.68. The average Bonchev–Trinajstić information content (AvgIpc) is 3.31. The van der Waals surface area contributed by atoms with Gasteiger partial charge in [0.15, 0.2) is 0 Å². The summed E-state index contributed by atoms with van der Waals surface area (Å²) in [5.74, 6) is 1.09. The fraction of sp³-hybridized carbons (Fsp3) is 0.382. The summed E-state index contributed by atoms with van der Waals surface area (Å²) in [4.78, 5) is 7.95. The minimum atomic E-state index is 0.895. The van der Waals surface area contributed by atoms with Crippen LogP contribution >= 0.6 is 0 Å². The Morgan fingerprint density at radius 3 is 1.89 bits per heavy atom. The summed E-state index contributed by atoms with van der Waals surface area (Å²) in [6.07, 6.45) is 7.09. The number of hydrogen-bond acceptors (Lipinski definition) is 2. The topological polar surface area (TPSA) is 21.1 Å². The summed E-state index contributed by atoms with van der Waals surface area (Å²) in [7, 11) is 0. The molecule has 0 aliphatic heterocycles. The zero-order valence-electron chi connectivity index (χ0n) is 23.0. The minimum absolute atomic E-state index is 0.895. The van der Waals surface area contributed by atoms with Gasteiger partial charge in [0.1, 0.15) is 5.82 Å². The lowest BCUT2D eigenvalue weighted by atomic mass is 10.1. The zero-order valence-corrected chi connectivity index (χ0v) is 23.0.